The molecule has 3 rings (SSSR count). The number of hydrogen-bond donors (Lipinski definition) is 1. The molecule has 1 N–H and O–H groups in total. The van der Waals surface area contributed by atoms with E-state index >= 15 is 0 Å². The number of hydrogen-bond acceptors (Lipinski definition) is 5. The third kappa shape index (κ3) is 3.71. The number of amides is 1. The first-order chi connectivity index (χ1) is 12.1. The normalized spacial score (nSPS) is 14.8. The van der Waals surface area contributed by atoms with Crippen LogP contribution >= 0.6 is 0 Å². The molecule has 0 saturated carbocycles. The molecule has 0 radical (unpaired) electrons. The fraction of sp³-hybridized carbons (Fsp3) is 0.294. The lowest BCUT2D eigenvalue weighted by Crippen LogP contribution is -2.42. The van der Waals surface area contributed by atoms with Crippen molar-refractivity contribution in [2.24, 2.45) is 0 Å². The Kier molecular flexibility index (Phi) is 4.84. The van der Waals surface area contributed by atoms with E-state index < -0.39 is 11.6 Å². The van der Waals surface area contributed by atoms with Gasteiger partial charge in [0.2, 0.25) is 0 Å². The van der Waals surface area contributed by atoms with Crippen molar-refractivity contribution in [1.82, 2.24) is 14.9 Å². The summed E-state index contributed by atoms with van der Waals surface area (Å²) in [5, 5.41) is 11.6. The lowest BCUT2D eigenvalue weighted by molar-refractivity contribution is 0.0712. The summed E-state index contributed by atoms with van der Waals surface area (Å²) >= 11 is 0. The first-order valence-corrected chi connectivity index (χ1v) is 7.79. The largest absolute Gasteiger partial charge is 0.377 e. The predicted molar refractivity (Wildman–Crippen MR) is 85.7 cm³/mol. The number of aromatic nitrogens is 2. The molecule has 0 spiro atoms. The van der Waals surface area contributed by atoms with Crippen molar-refractivity contribution in [2.45, 2.75) is 18.9 Å². The number of carbonyl (C=O) groups excluding carboxylic acids is 1. The molecule has 0 bridgehead atoms. The van der Waals surface area contributed by atoms with Crippen molar-refractivity contribution in [1.29, 1.82) is 5.26 Å². The highest BCUT2D eigenvalue weighted by Crippen LogP contribution is 2.24. The van der Waals surface area contributed by atoms with Crippen LogP contribution in [0.2, 0.25) is 0 Å². The molecular weight excluding hydrogens is 328 g/mol. The molecule has 1 aromatic carbocycles. The molecule has 1 aliphatic rings. The molecule has 8 heteroatoms. The van der Waals surface area contributed by atoms with Gasteiger partial charge in [0.1, 0.15) is 11.4 Å². The summed E-state index contributed by atoms with van der Waals surface area (Å²) in [6, 6.07) is 3.54. The molecule has 128 valence electrons. The van der Waals surface area contributed by atoms with Crippen molar-refractivity contribution >= 4 is 11.6 Å². The SMILES string of the molecule is N#Cc1cc(F)c(NC2CCN(C(=O)c3cnccn3)CC2)c(F)c1. The van der Waals surface area contributed by atoms with Crippen LogP contribution in [0, 0.1) is 23.0 Å². The lowest BCUT2D eigenvalue weighted by Gasteiger charge is -2.32. The van der Waals surface area contributed by atoms with Crippen molar-refractivity contribution in [3.63, 3.8) is 0 Å². The van der Waals surface area contributed by atoms with Crippen LogP contribution in [0.25, 0.3) is 0 Å². The van der Waals surface area contributed by atoms with Gasteiger partial charge in [0.15, 0.2) is 11.6 Å². The van der Waals surface area contributed by atoms with Gasteiger partial charge >= 0.3 is 0 Å². The van der Waals surface area contributed by atoms with E-state index in [-0.39, 0.29) is 28.9 Å². The van der Waals surface area contributed by atoms with Crippen LogP contribution in [-0.4, -0.2) is 39.9 Å². The van der Waals surface area contributed by atoms with Gasteiger partial charge in [0, 0.05) is 31.5 Å². The number of nitrogens with zero attached hydrogens (tertiary/aromatic N) is 4. The molecule has 2 aromatic rings. The van der Waals surface area contributed by atoms with E-state index in [4.69, 9.17) is 5.26 Å². The Labute approximate surface area is 143 Å². The van der Waals surface area contributed by atoms with E-state index in [0.717, 1.165) is 12.1 Å². The minimum atomic E-state index is -0.797. The van der Waals surface area contributed by atoms with Crippen LogP contribution in [0.15, 0.2) is 30.7 Å². The topological polar surface area (TPSA) is 81.9 Å². The van der Waals surface area contributed by atoms with Gasteiger partial charge in [0.25, 0.3) is 5.91 Å². The number of carbonyl (C=O) groups is 1. The van der Waals surface area contributed by atoms with Gasteiger partial charge in [-0.3, -0.25) is 9.78 Å². The molecule has 1 aliphatic heterocycles. The second-order valence-corrected chi connectivity index (χ2v) is 5.73. The second kappa shape index (κ2) is 7.21. The summed E-state index contributed by atoms with van der Waals surface area (Å²) in [5.41, 5.74) is -0.0271. The monoisotopic (exact) mass is 343 g/mol. The molecule has 0 unspecified atom stereocenters. The van der Waals surface area contributed by atoms with Crippen LogP contribution < -0.4 is 5.32 Å². The Balaban J connectivity index is 1.62. The Hall–Kier alpha value is -3.08. The second-order valence-electron chi connectivity index (χ2n) is 5.73. The van der Waals surface area contributed by atoms with E-state index in [1.807, 2.05) is 0 Å². The number of anilines is 1. The minimum Gasteiger partial charge on any atom is -0.377 e. The van der Waals surface area contributed by atoms with Crippen molar-refractivity contribution in [3.8, 4) is 6.07 Å². The summed E-state index contributed by atoms with van der Waals surface area (Å²) in [7, 11) is 0. The van der Waals surface area contributed by atoms with E-state index in [1.54, 1.807) is 11.0 Å². The van der Waals surface area contributed by atoms with Crippen LogP contribution in [0.3, 0.4) is 0 Å². The molecule has 1 amide bonds. The van der Waals surface area contributed by atoms with Gasteiger partial charge in [-0.15, -0.1) is 0 Å². The van der Waals surface area contributed by atoms with Gasteiger partial charge in [-0.1, -0.05) is 0 Å². The third-order valence-corrected chi connectivity index (χ3v) is 4.08. The average Bonchev–Trinajstić information content (AvgIpc) is 2.65. The van der Waals surface area contributed by atoms with Crippen molar-refractivity contribution in [3.05, 3.63) is 53.6 Å². The summed E-state index contributed by atoms with van der Waals surface area (Å²) in [5.74, 6) is -1.80. The first-order valence-electron chi connectivity index (χ1n) is 7.79. The highest BCUT2D eigenvalue weighted by Gasteiger charge is 2.25. The van der Waals surface area contributed by atoms with E-state index in [1.165, 1.54) is 18.6 Å². The maximum Gasteiger partial charge on any atom is 0.274 e. The first kappa shape index (κ1) is 16.8. The van der Waals surface area contributed by atoms with E-state index in [2.05, 4.69) is 15.3 Å². The Morgan fingerprint density at radius 3 is 2.48 bits per heavy atom. The highest BCUT2D eigenvalue weighted by molar-refractivity contribution is 5.92. The average molecular weight is 343 g/mol. The summed E-state index contributed by atoms with van der Waals surface area (Å²) < 4.78 is 27.9. The standard InChI is InChI=1S/C17H15F2N5O/c18-13-7-11(9-20)8-14(19)16(13)23-12-1-5-24(6-2-12)17(25)15-10-21-3-4-22-15/h3-4,7-8,10,12,23H,1-2,5-6H2. The van der Waals surface area contributed by atoms with E-state index in [9.17, 15) is 13.6 Å². The predicted octanol–water partition coefficient (Wildman–Crippen LogP) is 2.34. The van der Waals surface area contributed by atoms with Crippen LogP contribution in [0.1, 0.15) is 28.9 Å². The number of likely N-dealkylation sites (tertiary alicyclic amines) is 1. The third-order valence-electron chi connectivity index (χ3n) is 4.08. The number of nitriles is 1. The van der Waals surface area contributed by atoms with Gasteiger partial charge in [-0.25, -0.2) is 13.8 Å². The fourth-order valence-electron chi connectivity index (χ4n) is 2.78. The molecule has 2 heterocycles. The zero-order valence-corrected chi connectivity index (χ0v) is 13.2. The number of halogens is 2. The van der Waals surface area contributed by atoms with Gasteiger partial charge in [-0.05, 0) is 25.0 Å². The molecule has 0 atom stereocenters. The van der Waals surface area contributed by atoms with Crippen LogP contribution in [-0.2, 0) is 0 Å². The quantitative estimate of drug-likeness (QED) is 0.925. The summed E-state index contributed by atoms with van der Waals surface area (Å²) in [4.78, 5) is 21.8. The summed E-state index contributed by atoms with van der Waals surface area (Å²) in [6.07, 6.45) is 5.45. The lowest BCUT2D eigenvalue weighted by atomic mass is 10.0. The molecule has 25 heavy (non-hydrogen) atoms. The molecule has 1 fully saturated rings. The van der Waals surface area contributed by atoms with E-state index in [0.29, 0.717) is 25.9 Å². The number of rotatable bonds is 3. The fourth-order valence-corrected chi connectivity index (χ4v) is 2.78. The smallest absolute Gasteiger partial charge is 0.274 e. The van der Waals surface area contributed by atoms with Crippen molar-refractivity contribution < 1.29 is 13.6 Å². The summed E-state index contributed by atoms with van der Waals surface area (Å²) in [6.45, 7) is 0.902. The van der Waals surface area contributed by atoms with Gasteiger partial charge in [-0.2, -0.15) is 5.26 Å². The minimum absolute atomic E-state index is 0.0649. The number of nitrogens with one attached hydrogen (secondary N) is 1. The Bertz CT molecular complexity index is 791. The molecule has 1 aromatic heterocycles. The molecular formula is C17H15F2N5O. The molecule has 0 aliphatic carbocycles. The highest BCUT2D eigenvalue weighted by atomic mass is 19.1. The maximum absolute atomic E-state index is 13.9. The van der Waals surface area contributed by atoms with Crippen LogP contribution in [0.4, 0.5) is 14.5 Å². The Morgan fingerprint density at radius 1 is 1.24 bits per heavy atom. The Morgan fingerprint density at radius 2 is 1.92 bits per heavy atom. The number of benzene rings is 1. The molecule has 1 saturated heterocycles. The van der Waals surface area contributed by atoms with Gasteiger partial charge < -0.3 is 10.2 Å². The molecule has 6 nitrogen and oxygen atoms in total. The van der Waals surface area contributed by atoms with Crippen LogP contribution in [0.5, 0.6) is 0 Å². The zero-order valence-electron chi connectivity index (χ0n) is 13.2. The van der Waals surface area contributed by atoms with Gasteiger partial charge in [0.05, 0.1) is 17.8 Å². The maximum atomic E-state index is 13.9. The zero-order chi connectivity index (χ0) is 17.8. The number of piperidine rings is 1. The van der Waals surface area contributed by atoms with Crippen molar-refractivity contribution in [2.75, 3.05) is 18.4 Å².